The zero-order valence-corrected chi connectivity index (χ0v) is 32.1. The number of nitrogens with one attached hydrogen (secondary N) is 2. The van der Waals surface area contributed by atoms with Crippen LogP contribution in [0, 0.1) is 5.92 Å². The highest BCUT2D eigenvalue weighted by Crippen LogP contribution is 2.34. The van der Waals surface area contributed by atoms with Crippen molar-refractivity contribution in [2.75, 3.05) is 77.9 Å². The van der Waals surface area contributed by atoms with E-state index >= 15 is 4.39 Å². The molecular formula is C40H47FN6O11. The van der Waals surface area contributed by atoms with Gasteiger partial charge in [-0.2, -0.15) is 0 Å². The van der Waals surface area contributed by atoms with Crippen LogP contribution in [0.25, 0.3) is 10.8 Å². The van der Waals surface area contributed by atoms with Crippen molar-refractivity contribution in [3.05, 3.63) is 65.4 Å². The van der Waals surface area contributed by atoms with Crippen LogP contribution in [0.4, 0.5) is 10.1 Å². The van der Waals surface area contributed by atoms with E-state index in [9.17, 15) is 28.8 Å². The number of pyridine rings is 1. The van der Waals surface area contributed by atoms with Crippen LogP contribution in [-0.4, -0.2) is 141 Å². The summed E-state index contributed by atoms with van der Waals surface area (Å²) in [6.07, 6.45) is 0.482. The number of amides is 6. The van der Waals surface area contributed by atoms with Crippen LogP contribution in [0.1, 0.15) is 57.3 Å². The third-order valence-corrected chi connectivity index (χ3v) is 10.3. The Balaban J connectivity index is 0.821. The van der Waals surface area contributed by atoms with Crippen LogP contribution in [0.5, 0.6) is 5.88 Å². The zero-order valence-electron chi connectivity index (χ0n) is 32.1. The number of likely N-dealkylation sites (tertiary alicyclic amines) is 1. The number of carbonyl (C=O) groups is 6. The zero-order chi connectivity index (χ0) is 41.2. The van der Waals surface area contributed by atoms with E-state index in [4.69, 9.17) is 29.4 Å². The number of aromatic nitrogens is 1. The average molecular weight is 807 g/mol. The number of hydrogen-bond acceptors (Lipinski definition) is 13. The first-order chi connectivity index (χ1) is 28.1. The lowest BCUT2D eigenvalue weighted by Crippen LogP contribution is -2.54. The molecule has 2 saturated heterocycles. The number of ether oxygens (including phenoxy) is 5. The lowest BCUT2D eigenvalue weighted by molar-refractivity contribution is -0.136. The fourth-order valence-corrected chi connectivity index (χ4v) is 7.33. The van der Waals surface area contributed by atoms with Gasteiger partial charge in [0, 0.05) is 48.3 Å². The Morgan fingerprint density at radius 1 is 0.931 bits per heavy atom. The molecule has 3 aliphatic heterocycles. The van der Waals surface area contributed by atoms with E-state index in [1.54, 1.807) is 42.6 Å². The number of nitrogens with two attached hydrogens (primary N) is 1. The molecule has 6 amide bonds. The maximum absolute atomic E-state index is 15.0. The highest BCUT2D eigenvalue weighted by molar-refractivity contribution is 6.25. The Labute approximate surface area is 333 Å². The predicted octanol–water partition coefficient (Wildman–Crippen LogP) is 1.87. The third-order valence-electron chi connectivity index (χ3n) is 10.3. The lowest BCUT2D eigenvalue weighted by Gasteiger charge is -2.27. The van der Waals surface area contributed by atoms with E-state index in [1.165, 1.54) is 11.0 Å². The van der Waals surface area contributed by atoms with Crippen LogP contribution in [0.3, 0.4) is 0 Å². The molecule has 2 aromatic carbocycles. The van der Waals surface area contributed by atoms with Crippen molar-refractivity contribution in [2.24, 2.45) is 11.7 Å². The van der Waals surface area contributed by atoms with Crippen molar-refractivity contribution in [1.82, 2.24) is 20.1 Å². The minimum atomic E-state index is -1.64. The number of fused-ring (bicyclic) bond motifs is 2. The van der Waals surface area contributed by atoms with Gasteiger partial charge in [0.25, 0.3) is 17.7 Å². The number of piperidine rings is 1. The highest BCUT2D eigenvalue weighted by Gasteiger charge is 2.48. The summed E-state index contributed by atoms with van der Waals surface area (Å²) in [5.41, 5.74) is 6.58. The molecule has 3 aliphatic rings. The van der Waals surface area contributed by atoms with Crippen LogP contribution in [0.15, 0.2) is 48.7 Å². The highest BCUT2D eigenvalue weighted by atomic mass is 19.1. The number of nitrogens with zero attached hydrogens (tertiary/aromatic N) is 3. The first-order valence-electron chi connectivity index (χ1n) is 19.3. The molecule has 0 bridgehead atoms. The van der Waals surface area contributed by atoms with Crippen molar-refractivity contribution in [2.45, 2.75) is 44.4 Å². The molecule has 4 atom stereocenters. The SMILES string of the molecule is CCC1C(F)C(=O)N(CCOCCOCCOCCOCCNc2cccc3c2C(=O)N(C2CCC(=O)NC2=O)C3=O)C1COc1nccc2cc(C(N)=O)ccc12. The molecule has 1 aromatic heterocycles. The summed E-state index contributed by atoms with van der Waals surface area (Å²) in [7, 11) is 0. The first-order valence-corrected chi connectivity index (χ1v) is 19.3. The van der Waals surface area contributed by atoms with Crippen molar-refractivity contribution < 1.29 is 56.8 Å². The third kappa shape index (κ3) is 9.58. The van der Waals surface area contributed by atoms with Crippen molar-refractivity contribution in [1.29, 1.82) is 0 Å². The Morgan fingerprint density at radius 2 is 1.64 bits per heavy atom. The molecule has 4 N–H and O–H groups in total. The number of imide groups is 2. The fourth-order valence-electron chi connectivity index (χ4n) is 7.33. The lowest BCUT2D eigenvalue weighted by atomic mass is 9.96. The summed E-state index contributed by atoms with van der Waals surface area (Å²) in [5.74, 6) is -3.64. The minimum absolute atomic E-state index is 0.0364. The smallest absolute Gasteiger partial charge is 0.264 e. The Hall–Kier alpha value is -5.56. The first kappa shape index (κ1) is 42.1. The molecule has 3 aromatic rings. The summed E-state index contributed by atoms with van der Waals surface area (Å²) in [6.45, 7) is 4.73. The molecular weight excluding hydrogens is 759 g/mol. The van der Waals surface area contributed by atoms with Crippen LogP contribution in [0.2, 0.25) is 0 Å². The van der Waals surface area contributed by atoms with E-state index < -0.39 is 59.6 Å². The van der Waals surface area contributed by atoms with Crippen LogP contribution >= 0.6 is 0 Å². The van der Waals surface area contributed by atoms with Gasteiger partial charge in [0.2, 0.25) is 23.6 Å². The Morgan fingerprint density at radius 3 is 2.33 bits per heavy atom. The van der Waals surface area contributed by atoms with Gasteiger partial charge in [-0.1, -0.05) is 13.0 Å². The van der Waals surface area contributed by atoms with E-state index in [1.807, 2.05) is 6.92 Å². The molecule has 2 fully saturated rings. The van der Waals surface area contributed by atoms with Gasteiger partial charge in [0.1, 0.15) is 12.6 Å². The van der Waals surface area contributed by atoms with E-state index in [0.717, 1.165) is 4.90 Å². The molecule has 58 heavy (non-hydrogen) atoms. The number of rotatable bonds is 22. The molecule has 0 radical (unpaired) electrons. The van der Waals surface area contributed by atoms with Gasteiger partial charge in [-0.25, -0.2) is 9.37 Å². The maximum Gasteiger partial charge on any atom is 0.264 e. The normalized spacial score (nSPS) is 20.6. The second kappa shape index (κ2) is 19.7. The van der Waals surface area contributed by atoms with E-state index in [0.29, 0.717) is 80.5 Å². The summed E-state index contributed by atoms with van der Waals surface area (Å²) in [6, 6.07) is 9.96. The van der Waals surface area contributed by atoms with Crippen LogP contribution < -0.4 is 21.1 Å². The fraction of sp³-hybridized carbons (Fsp3) is 0.475. The van der Waals surface area contributed by atoms with Gasteiger partial charge >= 0.3 is 0 Å². The van der Waals surface area contributed by atoms with Gasteiger partial charge in [0.05, 0.1) is 70.0 Å². The van der Waals surface area contributed by atoms with Crippen molar-refractivity contribution in [3.8, 4) is 5.88 Å². The molecule has 4 heterocycles. The molecule has 0 spiro atoms. The van der Waals surface area contributed by atoms with Gasteiger partial charge in [-0.3, -0.25) is 39.0 Å². The van der Waals surface area contributed by atoms with E-state index in [2.05, 4.69) is 15.6 Å². The summed E-state index contributed by atoms with van der Waals surface area (Å²) in [4.78, 5) is 81.2. The largest absolute Gasteiger partial charge is 0.475 e. The Bertz CT molecular complexity index is 2020. The number of alkyl halides is 1. The second-order valence-electron chi connectivity index (χ2n) is 13.9. The molecule has 310 valence electrons. The van der Waals surface area contributed by atoms with E-state index in [-0.39, 0.29) is 50.3 Å². The number of halogens is 1. The minimum Gasteiger partial charge on any atom is -0.475 e. The van der Waals surface area contributed by atoms with Crippen molar-refractivity contribution in [3.63, 3.8) is 0 Å². The summed E-state index contributed by atoms with van der Waals surface area (Å²) in [5, 5.41) is 6.68. The van der Waals surface area contributed by atoms with Crippen molar-refractivity contribution >= 4 is 51.9 Å². The molecule has 17 nitrogen and oxygen atoms in total. The summed E-state index contributed by atoms with van der Waals surface area (Å²) >= 11 is 0. The maximum atomic E-state index is 15.0. The molecule has 18 heteroatoms. The number of hydrogen-bond donors (Lipinski definition) is 3. The van der Waals surface area contributed by atoms with Gasteiger partial charge in [-0.15, -0.1) is 0 Å². The Kier molecular flexibility index (Phi) is 14.3. The molecule has 4 unspecified atom stereocenters. The topological polar surface area (TPSA) is 218 Å². The molecule has 0 saturated carbocycles. The quantitative estimate of drug-likeness (QED) is 0.0978. The number of primary amides is 1. The van der Waals surface area contributed by atoms with Gasteiger partial charge in [0.15, 0.2) is 6.17 Å². The average Bonchev–Trinajstić information content (AvgIpc) is 3.61. The number of benzene rings is 2. The summed E-state index contributed by atoms with van der Waals surface area (Å²) < 4.78 is 43.5. The van der Waals surface area contributed by atoms with Gasteiger partial charge < -0.3 is 39.6 Å². The number of anilines is 1. The number of carbonyl (C=O) groups excluding carboxylic acids is 6. The monoisotopic (exact) mass is 806 g/mol. The van der Waals surface area contributed by atoms with Gasteiger partial charge in [-0.05, 0) is 54.6 Å². The standard InChI is InChI=1S/C40H47FN6O11/c1-2-26-31(23-58-37-27-7-6-25(35(42)49)22-24(27)10-11-44-37)46(40(53)34(26)41)13-15-55-17-19-57-21-20-56-18-16-54-14-12-43-29-5-3-4-28-33(29)39(52)47(38(28)51)30-8-9-32(48)45-36(30)50/h3-7,10-11,22,26,30-31,34,43H,2,8-9,12-21,23H2,1H3,(H2,42,49)(H,45,48,50). The molecule has 6 rings (SSSR count). The second-order valence-corrected chi connectivity index (χ2v) is 13.9. The predicted molar refractivity (Wildman–Crippen MR) is 205 cm³/mol. The van der Waals surface area contributed by atoms with Crippen LogP contribution in [-0.2, 0) is 33.3 Å². The molecule has 0 aliphatic carbocycles.